The van der Waals surface area contributed by atoms with Gasteiger partial charge in [0.15, 0.2) is 0 Å². The lowest BCUT2D eigenvalue weighted by Crippen LogP contribution is -2.26. The van der Waals surface area contributed by atoms with Crippen molar-refractivity contribution < 1.29 is 9.47 Å². The van der Waals surface area contributed by atoms with E-state index >= 15 is 0 Å². The van der Waals surface area contributed by atoms with Gasteiger partial charge in [-0.05, 0) is 25.6 Å². The Balaban J connectivity index is 3.24. The van der Waals surface area contributed by atoms with Crippen molar-refractivity contribution in [1.29, 1.82) is 0 Å². The number of nitrogens with two attached hydrogens (primary N) is 1. The minimum Gasteiger partial charge on any atom is -0.497 e. The van der Waals surface area contributed by atoms with Crippen LogP contribution >= 0.6 is 0 Å². The third kappa shape index (κ3) is 2.40. The monoisotopic (exact) mass is 210 g/mol. The average Bonchev–Trinajstić information content (AvgIpc) is 2.26. The highest BCUT2D eigenvalue weighted by Gasteiger charge is 2.14. The second-order valence-corrected chi connectivity index (χ2v) is 3.33. The first kappa shape index (κ1) is 11.8. The van der Waals surface area contributed by atoms with Crippen molar-refractivity contribution in [3.63, 3.8) is 0 Å². The Morgan fingerprint density at radius 1 is 1.27 bits per heavy atom. The van der Waals surface area contributed by atoms with Gasteiger partial charge in [0.05, 0.1) is 20.4 Å². The Bertz CT molecular complexity index is 340. The molecule has 0 aliphatic rings. The van der Waals surface area contributed by atoms with Gasteiger partial charge in [-0.1, -0.05) is 0 Å². The highest BCUT2D eigenvalue weighted by molar-refractivity contribution is 5.47. The number of benzene rings is 1. The first-order valence-corrected chi connectivity index (χ1v) is 4.79. The summed E-state index contributed by atoms with van der Waals surface area (Å²) in [7, 11) is 5.07. The molecule has 0 aromatic heterocycles. The van der Waals surface area contributed by atoms with Gasteiger partial charge in [-0.3, -0.25) is 0 Å². The smallest absolute Gasteiger partial charge is 0.128 e. The van der Waals surface area contributed by atoms with E-state index in [1.807, 2.05) is 26.1 Å². The standard InChI is InChI=1S/C11H18N2O2/c1-7-5-8(14-3)6-9(15-4)10(7)11(12)13-2/h5-6,11,13H,12H2,1-4H3. The molecule has 4 heteroatoms. The number of ether oxygens (including phenoxy) is 2. The van der Waals surface area contributed by atoms with Crippen molar-refractivity contribution in [3.05, 3.63) is 23.3 Å². The van der Waals surface area contributed by atoms with Crippen molar-refractivity contribution in [2.24, 2.45) is 5.73 Å². The topological polar surface area (TPSA) is 56.5 Å². The molecule has 1 rings (SSSR count). The van der Waals surface area contributed by atoms with Crippen LogP contribution in [-0.2, 0) is 0 Å². The molecule has 0 saturated heterocycles. The predicted molar refractivity (Wildman–Crippen MR) is 60.3 cm³/mol. The van der Waals surface area contributed by atoms with Crippen LogP contribution in [0.3, 0.4) is 0 Å². The fraction of sp³-hybridized carbons (Fsp3) is 0.455. The first-order chi connectivity index (χ1) is 7.13. The minimum absolute atomic E-state index is 0.231. The van der Waals surface area contributed by atoms with E-state index < -0.39 is 0 Å². The Morgan fingerprint density at radius 3 is 2.40 bits per heavy atom. The predicted octanol–water partition coefficient (Wildman–Crippen LogP) is 1.19. The summed E-state index contributed by atoms with van der Waals surface area (Å²) in [5.41, 5.74) is 7.94. The lowest BCUT2D eigenvalue weighted by Gasteiger charge is -2.18. The van der Waals surface area contributed by atoms with Gasteiger partial charge in [-0.15, -0.1) is 0 Å². The lowest BCUT2D eigenvalue weighted by atomic mass is 10.0. The van der Waals surface area contributed by atoms with Crippen LogP contribution in [0.15, 0.2) is 12.1 Å². The normalized spacial score (nSPS) is 12.3. The highest BCUT2D eigenvalue weighted by atomic mass is 16.5. The van der Waals surface area contributed by atoms with Crippen molar-refractivity contribution in [2.75, 3.05) is 21.3 Å². The van der Waals surface area contributed by atoms with Gasteiger partial charge in [0.2, 0.25) is 0 Å². The summed E-state index contributed by atoms with van der Waals surface area (Å²) in [5.74, 6) is 1.52. The van der Waals surface area contributed by atoms with E-state index in [-0.39, 0.29) is 6.17 Å². The summed E-state index contributed by atoms with van der Waals surface area (Å²) in [4.78, 5) is 0. The molecular weight excluding hydrogens is 192 g/mol. The van der Waals surface area contributed by atoms with Crippen LogP contribution in [0.2, 0.25) is 0 Å². The number of aryl methyl sites for hydroxylation is 1. The van der Waals surface area contributed by atoms with Crippen molar-refractivity contribution in [1.82, 2.24) is 5.32 Å². The third-order valence-electron chi connectivity index (χ3n) is 2.40. The van der Waals surface area contributed by atoms with E-state index in [0.29, 0.717) is 0 Å². The Hall–Kier alpha value is -1.26. The quantitative estimate of drug-likeness (QED) is 0.733. The van der Waals surface area contributed by atoms with Gasteiger partial charge in [0.1, 0.15) is 11.5 Å². The molecule has 1 atom stereocenters. The molecular formula is C11H18N2O2. The van der Waals surface area contributed by atoms with E-state index in [9.17, 15) is 0 Å². The molecule has 0 amide bonds. The SMILES string of the molecule is CNC(N)c1c(C)cc(OC)cc1OC. The van der Waals surface area contributed by atoms with Crippen LogP contribution in [0.4, 0.5) is 0 Å². The van der Waals surface area contributed by atoms with Crippen LogP contribution in [0.1, 0.15) is 17.3 Å². The molecule has 0 heterocycles. The molecule has 0 fully saturated rings. The zero-order chi connectivity index (χ0) is 11.4. The molecule has 0 aliphatic heterocycles. The van der Waals surface area contributed by atoms with Crippen LogP contribution < -0.4 is 20.5 Å². The lowest BCUT2D eigenvalue weighted by molar-refractivity contribution is 0.385. The fourth-order valence-corrected chi connectivity index (χ4v) is 1.56. The maximum absolute atomic E-state index is 5.93. The Kier molecular flexibility index (Phi) is 3.94. The van der Waals surface area contributed by atoms with Crippen LogP contribution in [0, 0.1) is 6.92 Å². The van der Waals surface area contributed by atoms with Gasteiger partial charge in [-0.2, -0.15) is 0 Å². The molecule has 3 N–H and O–H groups in total. The summed E-state index contributed by atoms with van der Waals surface area (Å²) in [6.45, 7) is 1.98. The van der Waals surface area contributed by atoms with Crippen molar-refractivity contribution in [3.8, 4) is 11.5 Å². The molecule has 0 saturated carbocycles. The zero-order valence-electron chi connectivity index (χ0n) is 9.63. The second kappa shape index (κ2) is 5.00. The molecule has 84 valence electrons. The molecule has 15 heavy (non-hydrogen) atoms. The summed E-state index contributed by atoms with van der Waals surface area (Å²) in [6.07, 6.45) is -0.231. The number of methoxy groups -OCH3 is 2. The summed E-state index contributed by atoms with van der Waals surface area (Å²) in [5, 5.41) is 2.99. The fourth-order valence-electron chi connectivity index (χ4n) is 1.56. The van der Waals surface area contributed by atoms with Gasteiger partial charge in [0.25, 0.3) is 0 Å². The van der Waals surface area contributed by atoms with E-state index in [2.05, 4.69) is 5.32 Å². The molecule has 0 spiro atoms. The second-order valence-electron chi connectivity index (χ2n) is 3.33. The minimum atomic E-state index is -0.231. The number of rotatable bonds is 4. The first-order valence-electron chi connectivity index (χ1n) is 4.79. The molecule has 0 radical (unpaired) electrons. The largest absolute Gasteiger partial charge is 0.497 e. The zero-order valence-corrected chi connectivity index (χ0v) is 9.63. The molecule has 0 aliphatic carbocycles. The molecule has 1 unspecified atom stereocenters. The summed E-state index contributed by atoms with van der Waals surface area (Å²) < 4.78 is 10.5. The third-order valence-corrected chi connectivity index (χ3v) is 2.40. The van der Waals surface area contributed by atoms with Gasteiger partial charge < -0.3 is 20.5 Å². The summed E-state index contributed by atoms with van der Waals surface area (Å²) >= 11 is 0. The molecule has 4 nitrogen and oxygen atoms in total. The van der Waals surface area contributed by atoms with E-state index in [0.717, 1.165) is 22.6 Å². The number of hydrogen-bond acceptors (Lipinski definition) is 4. The van der Waals surface area contributed by atoms with Gasteiger partial charge in [-0.25, -0.2) is 0 Å². The van der Waals surface area contributed by atoms with E-state index in [4.69, 9.17) is 15.2 Å². The van der Waals surface area contributed by atoms with Gasteiger partial charge in [0, 0.05) is 11.6 Å². The van der Waals surface area contributed by atoms with Crippen LogP contribution in [0.5, 0.6) is 11.5 Å². The molecule has 1 aromatic carbocycles. The Labute approximate surface area is 90.4 Å². The van der Waals surface area contributed by atoms with Gasteiger partial charge >= 0.3 is 0 Å². The highest BCUT2D eigenvalue weighted by Crippen LogP contribution is 2.30. The molecule has 0 bridgehead atoms. The summed E-state index contributed by atoms with van der Waals surface area (Å²) in [6, 6.07) is 3.77. The van der Waals surface area contributed by atoms with Crippen molar-refractivity contribution in [2.45, 2.75) is 13.1 Å². The van der Waals surface area contributed by atoms with E-state index in [1.165, 1.54) is 0 Å². The molecule has 1 aromatic rings. The van der Waals surface area contributed by atoms with Crippen LogP contribution in [0.25, 0.3) is 0 Å². The number of hydrogen-bond donors (Lipinski definition) is 2. The van der Waals surface area contributed by atoms with Crippen molar-refractivity contribution >= 4 is 0 Å². The maximum Gasteiger partial charge on any atom is 0.128 e. The average molecular weight is 210 g/mol. The Morgan fingerprint density at radius 2 is 1.93 bits per heavy atom. The maximum atomic E-state index is 5.93. The van der Waals surface area contributed by atoms with Crippen LogP contribution in [-0.4, -0.2) is 21.3 Å². The number of nitrogens with one attached hydrogen (secondary N) is 1. The van der Waals surface area contributed by atoms with E-state index in [1.54, 1.807) is 14.2 Å².